The van der Waals surface area contributed by atoms with E-state index < -0.39 is 0 Å². The molecule has 0 aliphatic carbocycles. The zero-order valence-corrected chi connectivity index (χ0v) is 11.6. The number of nitrogen functional groups attached to an aromatic ring is 1. The number of hydrazine groups is 1. The molecule has 0 radical (unpaired) electrons. The van der Waals surface area contributed by atoms with E-state index in [9.17, 15) is 0 Å². The molecule has 0 bridgehead atoms. The molecule has 0 atom stereocenters. The molecule has 0 unspecified atom stereocenters. The lowest BCUT2D eigenvalue weighted by atomic mass is 10.2. The van der Waals surface area contributed by atoms with Crippen LogP contribution in [-0.2, 0) is 0 Å². The van der Waals surface area contributed by atoms with Crippen LogP contribution < -0.4 is 16.2 Å². The number of aromatic nitrogens is 2. The number of β-amino-alcohol motifs (C(OH)–C–C–N with tert-alkyl or cyclic N) is 1. The molecule has 1 aromatic heterocycles. The lowest BCUT2D eigenvalue weighted by Crippen LogP contribution is -2.47. The third-order valence-electron chi connectivity index (χ3n) is 3.46. The highest BCUT2D eigenvalue weighted by atomic mass is 16.3. The van der Waals surface area contributed by atoms with E-state index >= 15 is 0 Å². The van der Waals surface area contributed by atoms with Crippen LogP contribution in [0, 0.1) is 13.8 Å². The summed E-state index contributed by atoms with van der Waals surface area (Å²) < 4.78 is 0. The molecule has 1 aliphatic rings. The van der Waals surface area contributed by atoms with Gasteiger partial charge in [0.1, 0.15) is 17.5 Å². The number of piperazine rings is 1. The van der Waals surface area contributed by atoms with Crippen LogP contribution in [0.1, 0.15) is 11.4 Å². The Labute approximate surface area is 113 Å². The van der Waals surface area contributed by atoms with Gasteiger partial charge in [-0.3, -0.25) is 4.90 Å². The molecule has 0 spiro atoms. The van der Waals surface area contributed by atoms with Crippen LogP contribution in [0.15, 0.2) is 0 Å². The number of hydrogen-bond donors (Lipinski definition) is 3. The summed E-state index contributed by atoms with van der Waals surface area (Å²) in [4.78, 5) is 13.3. The molecule has 0 aromatic carbocycles. The number of nitrogens with two attached hydrogens (primary N) is 1. The average Bonchev–Trinajstić information content (AvgIpc) is 2.42. The number of aliphatic hydroxyl groups is 1. The summed E-state index contributed by atoms with van der Waals surface area (Å²) in [6.07, 6.45) is 0. The second-order valence-corrected chi connectivity index (χ2v) is 4.76. The van der Waals surface area contributed by atoms with E-state index in [0.29, 0.717) is 11.6 Å². The lowest BCUT2D eigenvalue weighted by molar-refractivity contribution is 0.188. The van der Waals surface area contributed by atoms with Gasteiger partial charge in [0.25, 0.3) is 0 Å². The van der Waals surface area contributed by atoms with Gasteiger partial charge in [0.05, 0.1) is 6.61 Å². The second kappa shape index (κ2) is 6.14. The van der Waals surface area contributed by atoms with Gasteiger partial charge in [0, 0.05) is 38.3 Å². The molecule has 19 heavy (non-hydrogen) atoms. The van der Waals surface area contributed by atoms with Crippen molar-refractivity contribution in [2.24, 2.45) is 5.84 Å². The Balaban J connectivity index is 2.13. The van der Waals surface area contributed by atoms with Crippen molar-refractivity contribution in [3.8, 4) is 0 Å². The summed E-state index contributed by atoms with van der Waals surface area (Å²) in [5.74, 6) is 7.83. The summed E-state index contributed by atoms with van der Waals surface area (Å²) >= 11 is 0. The normalized spacial score (nSPS) is 16.7. The first kappa shape index (κ1) is 14.0. The lowest BCUT2D eigenvalue weighted by Gasteiger charge is -2.35. The van der Waals surface area contributed by atoms with Crippen LogP contribution in [-0.4, -0.2) is 59.3 Å². The summed E-state index contributed by atoms with van der Waals surface area (Å²) in [6, 6.07) is 0. The van der Waals surface area contributed by atoms with Gasteiger partial charge in [0.2, 0.25) is 0 Å². The third kappa shape index (κ3) is 3.12. The van der Waals surface area contributed by atoms with Crippen molar-refractivity contribution in [3.05, 3.63) is 11.4 Å². The van der Waals surface area contributed by atoms with Crippen molar-refractivity contribution in [1.29, 1.82) is 0 Å². The maximum absolute atomic E-state index is 8.95. The van der Waals surface area contributed by atoms with Gasteiger partial charge in [-0.1, -0.05) is 0 Å². The standard InChI is InChI=1S/C12H22N6O/c1-9-11(16-13)14-10(2)15-12(9)18-5-3-17(4-6-18)7-8-19/h19H,3-8,13H2,1-2H3,(H,14,15,16). The molecule has 1 saturated heterocycles. The molecule has 1 aromatic rings. The molecule has 1 aliphatic heterocycles. The first-order chi connectivity index (χ1) is 9.15. The third-order valence-corrected chi connectivity index (χ3v) is 3.46. The minimum absolute atomic E-state index is 0.215. The largest absolute Gasteiger partial charge is 0.395 e. The second-order valence-electron chi connectivity index (χ2n) is 4.76. The van der Waals surface area contributed by atoms with Crippen LogP contribution in [0.5, 0.6) is 0 Å². The summed E-state index contributed by atoms with van der Waals surface area (Å²) in [7, 11) is 0. The Hall–Kier alpha value is -1.44. The van der Waals surface area contributed by atoms with Crippen LogP contribution in [0.4, 0.5) is 11.6 Å². The highest BCUT2D eigenvalue weighted by Crippen LogP contribution is 2.23. The maximum Gasteiger partial charge on any atom is 0.148 e. The highest BCUT2D eigenvalue weighted by Gasteiger charge is 2.20. The van der Waals surface area contributed by atoms with Gasteiger partial charge < -0.3 is 15.4 Å². The first-order valence-electron chi connectivity index (χ1n) is 6.55. The number of aryl methyl sites for hydroxylation is 1. The van der Waals surface area contributed by atoms with E-state index in [1.807, 2.05) is 13.8 Å². The summed E-state index contributed by atoms with van der Waals surface area (Å²) in [6.45, 7) is 8.49. The highest BCUT2D eigenvalue weighted by molar-refractivity contribution is 5.58. The molecule has 2 rings (SSSR count). The first-order valence-corrected chi connectivity index (χ1v) is 6.55. The minimum atomic E-state index is 0.215. The molecule has 1 fully saturated rings. The Morgan fingerprint density at radius 1 is 1.21 bits per heavy atom. The topological polar surface area (TPSA) is 90.5 Å². The van der Waals surface area contributed by atoms with Crippen LogP contribution in [0.3, 0.4) is 0 Å². The molecule has 0 amide bonds. The minimum Gasteiger partial charge on any atom is -0.395 e. The number of aliphatic hydroxyl groups excluding tert-OH is 1. The zero-order chi connectivity index (χ0) is 13.8. The Kier molecular flexibility index (Phi) is 4.52. The Bertz CT molecular complexity index is 430. The van der Waals surface area contributed by atoms with Gasteiger partial charge in [-0.25, -0.2) is 15.8 Å². The van der Waals surface area contributed by atoms with Gasteiger partial charge in [-0.15, -0.1) is 0 Å². The predicted octanol–water partition coefficient (Wildman–Crippen LogP) is -0.507. The fraction of sp³-hybridized carbons (Fsp3) is 0.667. The van der Waals surface area contributed by atoms with Crippen molar-refractivity contribution < 1.29 is 5.11 Å². The van der Waals surface area contributed by atoms with Crippen molar-refractivity contribution in [1.82, 2.24) is 14.9 Å². The average molecular weight is 266 g/mol. The number of nitrogens with zero attached hydrogens (tertiary/aromatic N) is 4. The van der Waals surface area contributed by atoms with Crippen LogP contribution in [0.25, 0.3) is 0 Å². The zero-order valence-electron chi connectivity index (χ0n) is 11.6. The monoisotopic (exact) mass is 266 g/mol. The number of anilines is 2. The number of rotatable bonds is 4. The molecular weight excluding hydrogens is 244 g/mol. The van der Waals surface area contributed by atoms with Gasteiger partial charge in [0.15, 0.2) is 0 Å². The van der Waals surface area contributed by atoms with Crippen molar-refractivity contribution in [2.75, 3.05) is 49.7 Å². The fourth-order valence-corrected chi connectivity index (χ4v) is 2.39. The predicted molar refractivity (Wildman–Crippen MR) is 75.1 cm³/mol. The van der Waals surface area contributed by atoms with E-state index in [2.05, 4.69) is 25.2 Å². The molecule has 4 N–H and O–H groups in total. The molecular formula is C12H22N6O. The number of nitrogens with one attached hydrogen (secondary N) is 1. The van der Waals surface area contributed by atoms with Crippen LogP contribution >= 0.6 is 0 Å². The number of hydrogen-bond acceptors (Lipinski definition) is 7. The van der Waals surface area contributed by atoms with Crippen molar-refractivity contribution in [2.45, 2.75) is 13.8 Å². The molecule has 7 nitrogen and oxygen atoms in total. The maximum atomic E-state index is 8.95. The fourth-order valence-electron chi connectivity index (χ4n) is 2.39. The Morgan fingerprint density at radius 2 is 1.89 bits per heavy atom. The van der Waals surface area contributed by atoms with E-state index in [-0.39, 0.29) is 6.61 Å². The Morgan fingerprint density at radius 3 is 2.47 bits per heavy atom. The quantitative estimate of drug-likeness (QED) is 0.499. The van der Waals surface area contributed by atoms with Crippen LogP contribution in [0.2, 0.25) is 0 Å². The van der Waals surface area contributed by atoms with E-state index in [4.69, 9.17) is 10.9 Å². The molecule has 2 heterocycles. The van der Waals surface area contributed by atoms with E-state index in [1.165, 1.54) is 0 Å². The molecule has 0 saturated carbocycles. The van der Waals surface area contributed by atoms with Crippen molar-refractivity contribution >= 4 is 11.6 Å². The van der Waals surface area contributed by atoms with Gasteiger partial charge >= 0.3 is 0 Å². The van der Waals surface area contributed by atoms with Crippen molar-refractivity contribution in [3.63, 3.8) is 0 Å². The van der Waals surface area contributed by atoms with E-state index in [1.54, 1.807) is 0 Å². The SMILES string of the molecule is Cc1nc(NN)c(C)c(N2CCN(CCO)CC2)n1. The summed E-state index contributed by atoms with van der Waals surface area (Å²) in [5, 5.41) is 8.95. The summed E-state index contributed by atoms with van der Waals surface area (Å²) in [5.41, 5.74) is 3.60. The van der Waals surface area contributed by atoms with Gasteiger partial charge in [-0.05, 0) is 13.8 Å². The van der Waals surface area contributed by atoms with E-state index in [0.717, 1.165) is 44.1 Å². The molecule has 106 valence electrons. The van der Waals surface area contributed by atoms with Gasteiger partial charge in [-0.2, -0.15) is 0 Å². The smallest absolute Gasteiger partial charge is 0.148 e. The molecule has 7 heteroatoms.